The number of methoxy groups -OCH3 is 2. The Morgan fingerprint density at radius 2 is 1.23 bits per heavy atom. The Labute approximate surface area is 245 Å². The van der Waals surface area contributed by atoms with Crippen molar-refractivity contribution in [2.24, 2.45) is 17.2 Å². The average molecular weight is 606 g/mol. The predicted octanol–water partition coefficient (Wildman–Crippen LogP) is 2.51. The summed E-state index contributed by atoms with van der Waals surface area (Å²) >= 11 is 5.45. The molecular formula is C24H35Cl3N8O4. The molecule has 0 aliphatic rings. The minimum atomic E-state index is -0.496. The molecule has 0 aliphatic carbocycles. The molecule has 3 aromatic heterocycles. The van der Waals surface area contributed by atoms with E-state index in [1.807, 2.05) is 12.1 Å². The number of nitrogens with one attached hydrogen (secondary N) is 2. The van der Waals surface area contributed by atoms with Gasteiger partial charge in [0.1, 0.15) is 16.8 Å². The first kappa shape index (κ1) is 37.9. The van der Waals surface area contributed by atoms with Crippen LogP contribution in [0.2, 0.25) is 5.15 Å². The second-order valence-electron chi connectivity index (χ2n) is 7.13. The Balaban J connectivity index is 0. The lowest BCUT2D eigenvalue weighted by atomic mass is 10.3. The van der Waals surface area contributed by atoms with Crippen LogP contribution in [0.4, 0.5) is 11.6 Å². The van der Waals surface area contributed by atoms with Crippen molar-refractivity contribution in [2.75, 3.05) is 51.2 Å². The Morgan fingerprint density at radius 3 is 1.56 bits per heavy atom. The Kier molecular flexibility index (Phi) is 22.1. The zero-order valence-electron chi connectivity index (χ0n) is 21.6. The lowest BCUT2D eigenvalue weighted by molar-refractivity contribution is 0.0991. The molecule has 0 saturated heterocycles. The molecule has 0 saturated carbocycles. The molecule has 8 N–H and O–H groups in total. The molecule has 39 heavy (non-hydrogen) atoms. The van der Waals surface area contributed by atoms with Crippen LogP contribution in [0, 0.1) is 0 Å². The van der Waals surface area contributed by atoms with Gasteiger partial charge in [-0.3, -0.25) is 9.59 Å². The summed E-state index contributed by atoms with van der Waals surface area (Å²) in [5, 5.41) is 6.50. The van der Waals surface area contributed by atoms with Crippen molar-refractivity contribution in [1.82, 2.24) is 15.0 Å². The number of hydrogen-bond acceptors (Lipinski definition) is 10. The van der Waals surface area contributed by atoms with Crippen LogP contribution in [0.3, 0.4) is 0 Å². The number of halogens is 3. The van der Waals surface area contributed by atoms with Crippen molar-refractivity contribution in [3.63, 3.8) is 0 Å². The highest BCUT2D eigenvalue weighted by molar-refractivity contribution is 6.29. The summed E-state index contributed by atoms with van der Waals surface area (Å²) in [6, 6.07) is 10.2. The molecule has 0 bridgehead atoms. The van der Waals surface area contributed by atoms with E-state index in [0.717, 1.165) is 17.9 Å². The Morgan fingerprint density at radius 1 is 0.769 bits per heavy atom. The van der Waals surface area contributed by atoms with Gasteiger partial charge < -0.3 is 37.3 Å². The molecule has 0 unspecified atom stereocenters. The topological polar surface area (TPSA) is 193 Å². The van der Waals surface area contributed by atoms with Gasteiger partial charge in [-0.1, -0.05) is 17.7 Å². The molecule has 3 aromatic rings. The van der Waals surface area contributed by atoms with Gasteiger partial charge in [-0.25, -0.2) is 15.0 Å². The fourth-order valence-electron chi connectivity index (χ4n) is 2.38. The summed E-state index contributed by atoms with van der Waals surface area (Å²) in [5.41, 5.74) is 17.3. The standard InChI is InChI=1S/C9H13N3O2.C9H15N3O.C6H5ClN2O.2ClH/c1-14-5-4-11-8-3-2-7(6-12-8)9(10)13;1-13-5-4-11-9-3-2-8(6-10)7-12-9;7-5-2-1-4(3-9-5)6(8)10;;/h2-3,6H,4-5H2,1H3,(H2,10,13)(H,11,12);2-3,7H,4-6,10H2,1H3,(H,11,12);1-3H,(H2,8,10);2*1H. The molecule has 0 fully saturated rings. The van der Waals surface area contributed by atoms with Crippen molar-refractivity contribution in [2.45, 2.75) is 6.54 Å². The molecule has 0 aliphatic heterocycles. The maximum atomic E-state index is 10.7. The molecule has 0 atom stereocenters. The van der Waals surface area contributed by atoms with E-state index in [0.29, 0.717) is 48.4 Å². The number of carbonyl (C=O) groups excluding carboxylic acids is 2. The SMILES string of the molecule is COCCNc1ccc(C(N)=O)cn1.COCCNc1ccc(CN)cn1.Cl.Cl.NC(=O)c1ccc(Cl)nc1. The van der Waals surface area contributed by atoms with Crippen LogP contribution in [-0.4, -0.2) is 67.3 Å². The van der Waals surface area contributed by atoms with Gasteiger partial charge in [-0.05, 0) is 35.9 Å². The molecule has 0 radical (unpaired) electrons. The van der Waals surface area contributed by atoms with E-state index in [4.69, 9.17) is 38.3 Å². The maximum absolute atomic E-state index is 10.7. The fourth-order valence-corrected chi connectivity index (χ4v) is 2.49. The third kappa shape index (κ3) is 17.0. The number of hydrogen-bond donors (Lipinski definition) is 5. The van der Waals surface area contributed by atoms with Gasteiger partial charge in [-0.15, -0.1) is 24.8 Å². The molecule has 0 aromatic carbocycles. The lowest BCUT2D eigenvalue weighted by Crippen LogP contribution is -2.12. The predicted molar refractivity (Wildman–Crippen MR) is 158 cm³/mol. The summed E-state index contributed by atoms with van der Waals surface area (Å²) in [4.78, 5) is 33.0. The van der Waals surface area contributed by atoms with Gasteiger partial charge in [0, 0.05) is 52.4 Å². The van der Waals surface area contributed by atoms with Gasteiger partial charge in [0.05, 0.1) is 24.3 Å². The van der Waals surface area contributed by atoms with E-state index in [1.54, 1.807) is 32.5 Å². The van der Waals surface area contributed by atoms with Gasteiger partial charge in [0.25, 0.3) is 0 Å². The van der Waals surface area contributed by atoms with Crippen LogP contribution in [0.15, 0.2) is 55.0 Å². The molecule has 3 heterocycles. The number of carbonyl (C=O) groups is 2. The van der Waals surface area contributed by atoms with Crippen LogP contribution in [0.1, 0.15) is 26.3 Å². The average Bonchev–Trinajstić information content (AvgIpc) is 2.91. The molecule has 2 amide bonds. The van der Waals surface area contributed by atoms with Crippen molar-refractivity contribution < 1.29 is 19.1 Å². The zero-order valence-corrected chi connectivity index (χ0v) is 24.0. The monoisotopic (exact) mass is 604 g/mol. The number of amides is 2. The van der Waals surface area contributed by atoms with Gasteiger partial charge in [-0.2, -0.15) is 0 Å². The first-order chi connectivity index (χ1) is 17.8. The molecule has 0 spiro atoms. The second kappa shape index (κ2) is 22.7. The zero-order chi connectivity index (χ0) is 27.5. The summed E-state index contributed by atoms with van der Waals surface area (Å²) < 4.78 is 9.76. The molecule has 216 valence electrons. The minimum Gasteiger partial charge on any atom is -0.383 e. The number of pyridine rings is 3. The minimum absolute atomic E-state index is 0. The highest BCUT2D eigenvalue weighted by atomic mass is 35.5. The number of aromatic nitrogens is 3. The molecule has 3 rings (SSSR count). The van der Waals surface area contributed by atoms with Gasteiger partial charge in [0.15, 0.2) is 0 Å². The van der Waals surface area contributed by atoms with Crippen molar-refractivity contribution in [1.29, 1.82) is 0 Å². The molecule has 12 nitrogen and oxygen atoms in total. The normalized spacial score (nSPS) is 9.23. The number of rotatable bonds is 11. The highest BCUT2D eigenvalue weighted by Gasteiger charge is 2.00. The lowest BCUT2D eigenvalue weighted by Gasteiger charge is -2.04. The first-order valence-corrected chi connectivity index (χ1v) is 11.5. The number of nitrogens with two attached hydrogens (primary N) is 3. The van der Waals surface area contributed by atoms with E-state index in [2.05, 4.69) is 25.6 Å². The number of ether oxygens (including phenoxy) is 2. The summed E-state index contributed by atoms with van der Waals surface area (Å²) in [7, 11) is 3.30. The molecular weight excluding hydrogens is 571 g/mol. The fraction of sp³-hybridized carbons (Fsp3) is 0.292. The van der Waals surface area contributed by atoms with Crippen LogP contribution >= 0.6 is 36.4 Å². The second-order valence-corrected chi connectivity index (χ2v) is 7.51. The number of nitrogens with zero attached hydrogens (tertiary/aromatic N) is 3. The van der Waals surface area contributed by atoms with Crippen LogP contribution in [0.5, 0.6) is 0 Å². The van der Waals surface area contributed by atoms with Gasteiger partial charge in [0.2, 0.25) is 11.8 Å². The third-order valence-electron chi connectivity index (χ3n) is 4.34. The Hall–Kier alpha value is -3.26. The van der Waals surface area contributed by atoms with E-state index < -0.39 is 11.8 Å². The Bertz CT molecular complexity index is 1060. The van der Waals surface area contributed by atoms with E-state index in [9.17, 15) is 9.59 Å². The van der Waals surface area contributed by atoms with Crippen LogP contribution in [0.25, 0.3) is 0 Å². The number of primary amides is 2. The summed E-state index contributed by atoms with van der Waals surface area (Å²) in [5.74, 6) is 0.589. The highest BCUT2D eigenvalue weighted by Crippen LogP contribution is 2.05. The van der Waals surface area contributed by atoms with E-state index in [-0.39, 0.29) is 24.8 Å². The number of anilines is 2. The van der Waals surface area contributed by atoms with Crippen molar-refractivity contribution >= 4 is 59.9 Å². The molecule has 15 heteroatoms. The van der Waals surface area contributed by atoms with E-state index >= 15 is 0 Å². The van der Waals surface area contributed by atoms with Crippen molar-refractivity contribution in [3.8, 4) is 0 Å². The van der Waals surface area contributed by atoms with Gasteiger partial charge >= 0.3 is 0 Å². The smallest absolute Gasteiger partial charge is 0.250 e. The largest absolute Gasteiger partial charge is 0.383 e. The van der Waals surface area contributed by atoms with Crippen LogP contribution in [-0.2, 0) is 16.0 Å². The maximum Gasteiger partial charge on any atom is 0.250 e. The third-order valence-corrected chi connectivity index (χ3v) is 4.57. The van der Waals surface area contributed by atoms with Crippen LogP contribution < -0.4 is 27.8 Å². The quantitative estimate of drug-likeness (QED) is 0.160. The summed E-state index contributed by atoms with van der Waals surface area (Å²) in [6.45, 7) is 3.27. The van der Waals surface area contributed by atoms with E-state index in [1.165, 1.54) is 24.5 Å². The summed E-state index contributed by atoms with van der Waals surface area (Å²) in [6.07, 6.45) is 4.55. The van der Waals surface area contributed by atoms with Crippen molar-refractivity contribution in [3.05, 3.63) is 76.8 Å². The first-order valence-electron chi connectivity index (χ1n) is 11.1.